The number of carbonyl (C=O) groups excluding carboxylic acids is 2. The van der Waals surface area contributed by atoms with Gasteiger partial charge in [-0.1, -0.05) is 19.3 Å². The average Bonchev–Trinajstić information content (AvgIpc) is 3.06. The van der Waals surface area contributed by atoms with E-state index < -0.39 is 0 Å². The first-order valence-electron chi connectivity index (χ1n) is 10.3. The zero-order valence-electron chi connectivity index (χ0n) is 15.8. The van der Waals surface area contributed by atoms with Gasteiger partial charge in [-0.15, -0.1) is 0 Å². The van der Waals surface area contributed by atoms with Gasteiger partial charge in [-0.2, -0.15) is 0 Å². The molecule has 0 bridgehead atoms. The highest BCUT2D eigenvalue weighted by atomic mass is 16.5. The van der Waals surface area contributed by atoms with Gasteiger partial charge in [-0.3, -0.25) is 14.5 Å². The van der Waals surface area contributed by atoms with E-state index in [4.69, 9.17) is 10.5 Å². The van der Waals surface area contributed by atoms with Crippen LogP contribution in [0.4, 0.5) is 0 Å². The smallest absolute Gasteiger partial charge is 0.225 e. The lowest BCUT2D eigenvalue weighted by molar-refractivity contribution is -0.129. The molecule has 0 radical (unpaired) electrons. The van der Waals surface area contributed by atoms with Gasteiger partial charge in [-0.05, 0) is 18.8 Å². The Kier molecular flexibility index (Phi) is 7.28. The van der Waals surface area contributed by atoms with Crippen molar-refractivity contribution in [2.45, 2.75) is 44.6 Å². The van der Waals surface area contributed by atoms with Crippen molar-refractivity contribution in [1.29, 1.82) is 0 Å². The van der Waals surface area contributed by atoms with Gasteiger partial charge in [0.25, 0.3) is 0 Å². The van der Waals surface area contributed by atoms with E-state index in [2.05, 4.69) is 10.2 Å². The van der Waals surface area contributed by atoms with Gasteiger partial charge in [0.15, 0.2) is 0 Å². The van der Waals surface area contributed by atoms with E-state index in [0.717, 1.165) is 45.7 Å². The molecule has 0 spiro atoms. The highest BCUT2D eigenvalue weighted by Crippen LogP contribution is 2.27. The van der Waals surface area contributed by atoms with Gasteiger partial charge in [0.05, 0.1) is 19.1 Å². The minimum atomic E-state index is -0.232. The van der Waals surface area contributed by atoms with Gasteiger partial charge in [0.2, 0.25) is 11.8 Å². The molecule has 3 aliphatic rings. The number of nitrogens with two attached hydrogens (primary N) is 1. The normalized spacial score (nSPS) is 26.9. The van der Waals surface area contributed by atoms with E-state index in [0.29, 0.717) is 32.0 Å². The average molecular weight is 367 g/mol. The van der Waals surface area contributed by atoms with Gasteiger partial charge in [0, 0.05) is 51.7 Å². The van der Waals surface area contributed by atoms with Crippen molar-refractivity contribution in [3.05, 3.63) is 0 Å². The number of hydrogen-bond acceptors (Lipinski definition) is 5. The Hall–Kier alpha value is -1.18. The second-order valence-electron chi connectivity index (χ2n) is 7.94. The summed E-state index contributed by atoms with van der Waals surface area (Å²) in [6.07, 6.45) is 6.38. The lowest BCUT2D eigenvalue weighted by Gasteiger charge is -2.31. The Morgan fingerprint density at radius 3 is 2.62 bits per heavy atom. The Morgan fingerprint density at radius 1 is 1.19 bits per heavy atom. The van der Waals surface area contributed by atoms with Crippen LogP contribution in [0.5, 0.6) is 0 Å². The number of nitrogens with zero attached hydrogens (tertiary/aromatic N) is 2. The van der Waals surface area contributed by atoms with Crippen LogP contribution in [0.25, 0.3) is 0 Å². The molecule has 0 aromatic heterocycles. The number of rotatable bonds is 7. The molecule has 1 saturated carbocycles. The van der Waals surface area contributed by atoms with Crippen LogP contribution in [-0.4, -0.2) is 80.1 Å². The fourth-order valence-corrected chi connectivity index (χ4v) is 4.46. The largest absolute Gasteiger partial charge is 0.379 e. The van der Waals surface area contributed by atoms with Crippen molar-refractivity contribution >= 4 is 11.8 Å². The monoisotopic (exact) mass is 366 g/mol. The van der Waals surface area contributed by atoms with Crippen molar-refractivity contribution in [1.82, 2.24) is 15.1 Å². The van der Waals surface area contributed by atoms with Crippen molar-refractivity contribution in [3.8, 4) is 0 Å². The molecule has 2 aliphatic heterocycles. The van der Waals surface area contributed by atoms with Crippen LogP contribution in [-0.2, 0) is 14.3 Å². The highest BCUT2D eigenvalue weighted by molar-refractivity contribution is 5.89. The summed E-state index contributed by atoms with van der Waals surface area (Å²) in [6.45, 7) is 5.95. The predicted octanol–water partition coefficient (Wildman–Crippen LogP) is 0.191. The fraction of sp³-hybridized carbons (Fsp3) is 0.895. The summed E-state index contributed by atoms with van der Waals surface area (Å²) in [5.41, 5.74) is 5.93. The minimum absolute atomic E-state index is 0.00764. The number of hydrogen-bond donors (Lipinski definition) is 2. The Labute approximate surface area is 156 Å². The molecule has 1 aliphatic carbocycles. The number of nitrogens with one attached hydrogen (secondary N) is 1. The Bertz CT molecular complexity index is 475. The highest BCUT2D eigenvalue weighted by Gasteiger charge is 2.36. The number of amides is 2. The molecule has 2 heterocycles. The van der Waals surface area contributed by atoms with Crippen LogP contribution in [0.2, 0.25) is 0 Å². The Morgan fingerprint density at radius 2 is 1.92 bits per heavy atom. The first-order chi connectivity index (χ1) is 12.7. The molecule has 2 unspecified atom stereocenters. The fourth-order valence-electron chi connectivity index (χ4n) is 4.46. The van der Waals surface area contributed by atoms with Crippen LogP contribution >= 0.6 is 0 Å². The molecule has 7 heteroatoms. The zero-order valence-corrected chi connectivity index (χ0v) is 15.8. The Balaban J connectivity index is 1.44. The van der Waals surface area contributed by atoms with E-state index >= 15 is 0 Å². The van der Waals surface area contributed by atoms with E-state index in [1.54, 1.807) is 0 Å². The zero-order chi connectivity index (χ0) is 18.4. The number of likely N-dealkylation sites (tertiary alicyclic amines) is 1. The van der Waals surface area contributed by atoms with Gasteiger partial charge in [0.1, 0.15) is 0 Å². The summed E-state index contributed by atoms with van der Waals surface area (Å²) in [5, 5.41) is 3.16. The molecule has 3 fully saturated rings. The third-order valence-electron chi connectivity index (χ3n) is 6.18. The lowest BCUT2D eigenvalue weighted by atomic mass is 9.83. The van der Waals surface area contributed by atoms with E-state index in [9.17, 15) is 9.59 Å². The van der Waals surface area contributed by atoms with Gasteiger partial charge in [-0.25, -0.2) is 0 Å². The standard InChI is InChI=1S/C19H34N4O3/c20-13-17(15-4-2-1-3-5-15)21-19(25)16-12-18(24)23(14-16)7-6-22-8-10-26-11-9-22/h15-17H,1-14,20H2,(H,21,25). The van der Waals surface area contributed by atoms with E-state index in [1.165, 1.54) is 19.3 Å². The molecule has 3 N–H and O–H groups in total. The van der Waals surface area contributed by atoms with Crippen molar-refractivity contribution in [2.24, 2.45) is 17.6 Å². The van der Waals surface area contributed by atoms with Crippen LogP contribution in [0.1, 0.15) is 38.5 Å². The molecule has 0 aromatic rings. The van der Waals surface area contributed by atoms with E-state index in [-0.39, 0.29) is 23.8 Å². The maximum absolute atomic E-state index is 12.7. The van der Waals surface area contributed by atoms with Gasteiger partial charge >= 0.3 is 0 Å². The molecular weight excluding hydrogens is 332 g/mol. The maximum atomic E-state index is 12.7. The summed E-state index contributed by atoms with van der Waals surface area (Å²) in [5.74, 6) is 0.366. The second kappa shape index (κ2) is 9.67. The SMILES string of the molecule is NCC(NC(=O)C1CC(=O)N(CCN2CCOCC2)C1)C1CCCCC1. The predicted molar refractivity (Wildman–Crippen MR) is 99.5 cm³/mol. The molecule has 26 heavy (non-hydrogen) atoms. The third kappa shape index (κ3) is 5.18. The maximum Gasteiger partial charge on any atom is 0.225 e. The number of carbonyl (C=O) groups is 2. The lowest BCUT2D eigenvalue weighted by Crippen LogP contribution is -2.48. The summed E-state index contributed by atoms with van der Waals surface area (Å²) < 4.78 is 5.35. The summed E-state index contributed by atoms with van der Waals surface area (Å²) in [6, 6.07) is 0.0558. The summed E-state index contributed by atoms with van der Waals surface area (Å²) in [4.78, 5) is 29.1. The third-order valence-corrected chi connectivity index (χ3v) is 6.18. The molecule has 148 valence electrons. The number of morpholine rings is 1. The molecular formula is C19H34N4O3. The number of ether oxygens (including phenoxy) is 1. The van der Waals surface area contributed by atoms with Gasteiger partial charge < -0.3 is 20.7 Å². The van der Waals surface area contributed by atoms with Crippen LogP contribution in [0.3, 0.4) is 0 Å². The molecule has 3 rings (SSSR count). The van der Waals surface area contributed by atoms with Crippen molar-refractivity contribution < 1.29 is 14.3 Å². The van der Waals surface area contributed by atoms with Crippen molar-refractivity contribution in [2.75, 3.05) is 52.5 Å². The molecule has 0 aromatic carbocycles. The van der Waals surface area contributed by atoms with Crippen LogP contribution in [0, 0.1) is 11.8 Å². The molecule has 2 amide bonds. The minimum Gasteiger partial charge on any atom is -0.379 e. The molecule has 2 atom stereocenters. The van der Waals surface area contributed by atoms with E-state index in [1.807, 2.05) is 4.90 Å². The molecule has 2 saturated heterocycles. The summed E-state index contributed by atoms with van der Waals surface area (Å²) >= 11 is 0. The molecule has 7 nitrogen and oxygen atoms in total. The van der Waals surface area contributed by atoms with Crippen LogP contribution < -0.4 is 11.1 Å². The first-order valence-corrected chi connectivity index (χ1v) is 10.3. The topological polar surface area (TPSA) is 87.9 Å². The van der Waals surface area contributed by atoms with Crippen molar-refractivity contribution in [3.63, 3.8) is 0 Å². The van der Waals surface area contributed by atoms with Crippen LogP contribution in [0.15, 0.2) is 0 Å². The second-order valence-corrected chi connectivity index (χ2v) is 7.94. The quantitative estimate of drug-likeness (QED) is 0.672. The summed E-state index contributed by atoms with van der Waals surface area (Å²) in [7, 11) is 0. The first kappa shape index (κ1) is 19.6.